The van der Waals surface area contributed by atoms with Gasteiger partial charge in [0.15, 0.2) is 0 Å². The van der Waals surface area contributed by atoms with E-state index in [2.05, 4.69) is 31.3 Å². The van der Waals surface area contributed by atoms with Gasteiger partial charge in [-0.25, -0.2) is 0 Å². The molecule has 2 amide bonds. The van der Waals surface area contributed by atoms with Crippen molar-refractivity contribution in [3.05, 3.63) is 35.4 Å². The molecule has 1 atom stereocenters. The number of nitrogens with two attached hydrogens (primary N) is 2. The molecule has 5 heteroatoms. The second-order valence-corrected chi connectivity index (χ2v) is 5.23. The highest BCUT2D eigenvalue weighted by molar-refractivity contribution is 5.82. The van der Waals surface area contributed by atoms with E-state index >= 15 is 0 Å². The van der Waals surface area contributed by atoms with Crippen LogP contribution in [0.5, 0.6) is 0 Å². The van der Waals surface area contributed by atoms with E-state index in [1.807, 2.05) is 12.1 Å². The van der Waals surface area contributed by atoms with Crippen LogP contribution in [0.25, 0.3) is 0 Å². The van der Waals surface area contributed by atoms with E-state index in [-0.39, 0.29) is 18.7 Å². The molecule has 5 N–H and O–H groups in total. The first-order valence-electron chi connectivity index (χ1n) is 6.80. The Morgan fingerprint density at radius 3 is 2.30 bits per heavy atom. The lowest BCUT2D eigenvalue weighted by Crippen LogP contribution is -2.40. The Hall–Kier alpha value is -1.88. The summed E-state index contributed by atoms with van der Waals surface area (Å²) < 4.78 is 0. The minimum atomic E-state index is -0.697. The molecule has 0 unspecified atom stereocenters. The van der Waals surface area contributed by atoms with Crippen molar-refractivity contribution in [2.24, 2.45) is 11.5 Å². The number of carbonyl (C=O) groups excluding carboxylic acids is 2. The molecule has 0 radical (unpaired) electrons. The predicted octanol–water partition coefficient (Wildman–Crippen LogP) is 1.02. The minimum Gasteiger partial charge on any atom is -0.370 e. The van der Waals surface area contributed by atoms with Gasteiger partial charge in [0.1, 0.15) is 0 Å². The average Bonchev–Trinajstić information content (AvgIpc) is 2.42. The number of hydrogen-bond acceptors (Lipinski definition) is 3. The third-order valence-corrected chi connectivity index (χ3v) is 3.15. The van der Waals surface area contributed by atoms with Crippen molar-refractivity contribution in [2.45, 2.75) is 45.2 Å². The SMILES string of the molecule is CC(C)c1ccc(CNC(=O)[C@@H](N)CCC(N)=O)cc1. The molecule has 0 aliphatic rings. The van der Waals surface area contributed by atoms with Crippen LogP contribution in [0.2, 0.25) is 0 Å². The summed E-state index contributed by atoms with van der Waals surface area (Å²) in [6.07, 6.45) is 0.394. The van der Waals surface area contributed by atoms with Gasteiger partial charge in [-0.2, -0.15) is 0 Å². The number of carbonyl (C=O) groups is 2. The Labute approximate surface area is 119 Å². The Morgan fingerprint density at radius 1 is 1.20 bits per heavy atom. The normalized spacial score (nSPS) is 12.2. The second kappa shape index (κ2) is 7.65. The fourth-order valence-electron chi connectivity index (χ4n) is 1.77. The summed E-state index contributed by atoms with van der Waals surface area (Å²) in [4.78, 5) is 22.3. The first-order chi connectivity index (χ1) is 9.40. The van der Waals surface area contributed by atoms with Crippen LogP contribution < -0.4 is 16.8 Å². The van der Waals surface area contributed by atoms with Crippen LogP contribution in [0.4, 0.5) is 0 Å². The van der Waals surface area contributed by atoms with E-state index in [0.29, 0.717) is 12.5 Å². The van der Waals surface area contributed by atoms with E-state index in [4.69, 9.17) is 11.5 Å². The largest absolute Gasteiger partial charge is 0.370 e. The quantitative estimate of drug-likeness (QED) is 0.694. The molecule has 0 heterocycles. The highest BCUT2D eigenvalue weighted by Crippen LogP contribution is 2.14. The van der Waals surface area contributed by atoms with E-state index in [1.54, 1.807) is 0 Å². The average molecular weight is 277 g/mol. The molecule has 20 heavy (non-hydrogen) atoms. The molecule has 0 saturated carbocycles. The van der Waals surface area contributed by atoms with Crippen molar-refractivity contribution in [1.82, 2.24) is 5.32 Å². The van der Waals surface area contributed by atoms with Gasteiger partial charge in [0.2, 0.25) is 11.8 Å². The third-order valence-electron chi connectivity index (χ3n) is 3.15. The van der Waals surface area contributed by atoms with E-state index in [0.717, 1.165) is 5.56 Å². The predicted molar refractivity (Wildman–Crippen MR) is 78.8 cm³/mol. The first-order valence-corrected chi connectivity index (χ1v) is 6.80. The summed E-state index contributed by atoms with van der Waals surface area (Å²) in [6.45, 7) is 4.70. The Kier molecular flexibility index (Phi) is 6.18. The lowest BCUT2D eigenvalue weighted by atomic mass is 10.0. The molecular weight excluding hydrogens is 254 g/mol. The van der Waals surface area contributed by atoms with Crippen molar-refractivity contribution in [1.29, 1.82) is 0 Å². The molecule has 0 spiro atoms. The Morgan fingerprint density at radius 2 is 1.80 bits per heavy atom. The monoisotopic (exact) mass is 277 g/mol. The zero-order chi connectivity index (χ0) is 15.1. The number of amides is 2. The van der Waals surface area contributed by atoms with Crippen LogP contribution in [0.1, 0.15) is 43.7 Å². The number of rotatable bonds is 7. The molecule has 0 aliphatic carbocycles. The van der Waals surface area contributed by atoms with Gasteiger partial charge >= 0.3 is 0 Å². The lowest BCUT2D eigenvalue weighted by molar-refractivity contribution is -0.123. The maximum absolute atomic E-state index is 11.7. The molecular formula is C15H23N3O2. The van der Waals surface area contributed by atoms with Crippen molar-refractivity contribution in [3.8, 4) is 0 Å². The van der Waals surface area contributed by atoms with Crippen molar-refractivity contribution < 1.29 is 9.59 Å². The molecule has 110 valence electrons. The molecule has 1 aromatic rings. The molecule has 0 saturated heterocycles. The van der Waals surface area contributed by atoms with Crippen molar-refractivity contribution in [2.75, 3.05) is 0 Å². The lowest BCUT2D eigenvalue weighted by Gasteiger charge is -2.12. The number of hydrogen-bond donors (Lipinski definition) is 3. The van der Waals surface area contributed by atoms with Gasteiger partial charge in [-0.1, -0.05) is 38.1 Å². The molecule has 1 aromatic carbocycles. The van der Waals surface area contributed by atoms with Crippen LogP contribution in [0, 0.1) is 0 Å². The van der Waals surface area contributed by atoms with Gasteiger partial charge in [-0.3, -0.25) is 9.59 Å². The fourth-order valence-corrected chi connectivity index (χ4v) is 1.77. The topological polar surface area (TPSA) is 98.2 Å². The van der Waals surface area contributed by atoms with Gasteiger partial charge < -0.3 is 16.8 Å². The van der Waals surface area contributed by atoms with E-state index < -0.39 is 11.9 Å². The van der Waals surface area contributed by atoms with Crippen LogP contribution in [0.3, 0.4) is 0 Å². The zero-order valence-corrected chi connectivity index (χ0v) is 12.1. The molecule has 0 bridgehead atoms. The zero-order valence-electron chi connectivity index (χ0n) is 12.1. The van der Waals surface area contributed by atoms with Gasteiger partial charge in [0.05, 0.1) is 6.04 Å². The van der Waals surface area contributed by atoms with Gasteiger partial charge in [0.25, 0.3) is 0 Å². The van der Waals surface area contributed by atoms with E-state index in [1.165, 1.54) is 5.56 Å². The molecule has 5 nitrogen and oxygen atoms in total. The van der Waals surface area contributed by atoms with Crippen LogP contribution in [0.15, 0.2) is 24.3 Å². The van der Waals surface area contributed by atoms with Gasteiger partial charge in [0, 0.05) is 13.0 Å². The molecule has 0 aromatic heterocycles. The second-order valence-electron chi connectivity index (χ2n) is 5.23. The Balaban J connectivity index is 2.42. The number of benzene rings is 1. The minimum absolute atomic E-state index is 0.123. The highest BCUT2D eigenvalue weighted by atomic mass is 16.2. The summed E-state index contributed by atoms with van der Waals surface area (Å²) in [5, 5.41) is 2.76. The smallest absolute Gasteiger partial charge is 0.237 e. The van der Waals surface area contributed by atoms with Gasteiger partial charge in [-0.15, -0.1) is 0 Å². The Bertz CT molecular complexity index is 455. The van der Waals surface area contributed by atoms with Crippen LogP contribution >= 0.6 is 0 Å². The number of nitrogens with one attached hydrogen (secondary N) is 1. The summed E-state index contributed by atoms with van der Waals surface area (Å²) in [7, 11) is 0. The molecule has 0 fully saturated rings. The molecule has 1 rings (SSSR count). The number of primary amides is 1. The standard InChI is InChI=1S/C15H23N3O2/c1-10(2)12-5-3-11(4-6-12)9-18-15(20)13(16)7-8-14(17)19/h3-6,10,13H,7-9,16H2,1-2H3,(H2,17,19)(H,18,20)/t13-/m0/s1. The fraction of sp³-hybridized carbons (Fsp3) is 0.467. The van der Waals surface area contributed by atoms with E-state index in [9.17, 15) is 9.59 Å². The third kappa shape index (κ3) is 5.40. The van der Waals surface area contributed by atoms with Crippen LogP contribution in [-0.4, -0.2) is 17.9 Å². The summed E-state index contributed by atoms with van der Waals surface area (Å²) >= 11 is 0. The maximum Gasteiger partial charge on any atom is 0.237 e. The van der Waals surface area contributed by atoms with Gasteiger partial charge in [-0.05, 0) is 23.5 Å². The molecule has 0 aliphatic heterocycles. The summed E-state index contributed by atoms with van der Waals surface area (Å²) in [6, 6.07) is 7.39. The van der Waals surface area contributed by atoms with Crippen molar-refractivity contribution in [3.63, 3.8) is 0 Å². The van der Waals surface area contributed by atoms with Crippen molar-refractivity contribution >= 4 is 11.8 Å². The maximum atomic E-state index is 11.7. The summed E-state index contributed by atoms with van der Waals surface area (Å²) in [5.41, 5.74) is 13.0. The van der Waals surface area contributed by atoms with Crippen LogP contribution in [-0.2, 0) is 16.1 Å². The summed E-state index contributed by atoms with van der Waals surface area (Å²) in [5.74, 6) is -0.224. The first kappa shape index (κ1) is 16.2. The highest BCUT2D eigenvalue weighted by Gasteiger charge is 2.13.